The van der Waals surface area contributed by atoms with Gasteiger partial charge in [0.25, 0.3) is 5.91 Å². The van der Waals surface area contributed by atoms with Crippen LogP contribution in [0, 0.1) is 17.8 Å². The first-order chi connectivity index (χ1) is 8.70. The normalized spacial score (nSPS) is 19.2. The molecule has 0 bridgehead atoms. The fraction of sp³-hybridized carbons (Fsp3) is 0.500. The molecule has 1 amide bonds. The summed E-state index contributed by atoms with van der Waals surface area (Å²) in [6, 6.07) is 3.67. The highest BCUT2D eigenvalue weighted by molar-refractivity contribution is 7.14. The first-order valence-corrected chi connectivity index (χ1v) is 7.01. The second-order valence-corrected chi connectivity index (χ2v) is 5.71. The lowest BCUT2D eigenvalue weighted by atomic mass is 10.0. The Labute approximate surface area is 111 Å². The minimum absolute atomic E-state index is 0.114. The molecule has 1 aromatic heterocycles. The average molecular weight is 263 g/mol. The molecule has 1 fully saturated rings. The molecule has 2 rings (SSSR count). The van der Waals surface area contributed by atoms with Crippen LogP contribution < -0.4 is 0 Å². The van der Waals surface area contributed by atoms with Crippen LogP contribution in [0.2, 0.25) is 0 Å². The summed E-state index contributed by atoms with van der Waals surface area (Å²) < 4.78 is 0. The molecule has 2 heterocycles. The number of piperidine rings is 1. The maximum Gasteiger partial charge on any atom is 0.263 e. The Hall–Kier alpha value is -1.31. The van der Waals surface area contributed by atoms with Crippen molar-refractivity contribution < 1.29 is 9.90 Å². The number of thiophene rings is 1. The van der Waals surface area contributed by atoms with Gasteiger partial charge in [0.1, 0.15) is 6.61 Å². The van der Waals surface area contributed by atoms with Gasteiger partial charge in [-0.05, 0) is 30.9 Å². The van der Waals surface area contributed by atoms with Gasteiger partial charge in [0.15, 0.2) is 0 Å². The zero-order chi connectivity index (χ0) is 13.0. The van der Waals surface area contributed by atoms with Crippen LogP contribution in [-0.2, 0) is 0 Å². The Morgan fingerprint density at radius 2 is 2.44 bits per heavy atom. The van der Waals surface area contributed by atoms with Crippen LogP contribution in [0.4, 0.5) is 0 Å². The molecule has 1 aliphatic rings. The third kappa shape index (κ3) is 3.12. The quantitative estimate of drug-likeness (QED) is 0.787. The molecule has 1 aliphatic heterocycles. The molecule has 0 radical (unpaired) electrons. The number of nitrogens with zero attached hydrogens (tertiary/aromatic N) is 1. The van der Waals surface area contributed by atoms with Gasteiger partial charge in [-0.3, -0.25) is 4.79 Å². The van der Waals surface area contributed by atoms with E-state index in [0.717, 1.165) is 29.3 Å². The number of amides is 1. The number of aliphatic hydroxyl groups is 1. The highest BCUT2D eigenvalue weighted by Crippen LogP contribution is 2.21. The van der Waals surface area contributed by atoms with Crippen molar-refractivity contribution in [1.82, 2.24) is 4.90 Å². The maximum absolute atomic E-state index is 12.3. The monoisotopic (exact) mass is 263 g/mol. The summed E-state index contributed by atoms with van der Waals surface area (Å²) in [7, 11) is 0. The molecule has 18 heavy (non-hydrogen) atoms. The van der Waals surface area contributed by atoms with Crippen LogP contribution in [0.5, 0.6) is 0 Å². The fourth-order valence-electron chi connectivity index (χ4n) is 2.18. The van der Waals surface area contributed by atoms with Crippen LogP contribution >= 0.6 is 11.3 Å². The lowest BCUT2D eigenvalue weighted by Crippen LogP contribution is -2.38. The van der Waals surface area contributed by atoms with Gasteiger partial charge in [0.2, 0.25) is 0 Å². The first-order valence-electron chi connectivity index (χ1n) is 6.19. The molecular formula is C14H17NO2S. The number of carbonyl (C=O) groups excluding carboxylic acids is 1. The Bertz CT molecular complexity index is 483. The van der Waals surface area contributed by atoms with Gasteiger partial charge in [-0.15, -0.1) is 11.3 Å². The molecule has 1 unspecified atom stereocenters. The smallest absolute Gasteiger partial charge is 0.263 e. The van der Waals surface area contributed by atoms with Crippen molar-refractivity contribution in [3.8, 4) is 11.8 Å². The van der Waals surface area contributed by atoms with Crippen molar-refractivity contribution in [3.05, 3.63) is 21.9 Å². The topological polar surface area (TPSA) is 40.5 Å². The highest BCUT2D eigenvalue weighted by Gasteiger charge is 2.22. The number of hydrogen-bond donors (Lipinski definition) is 1. The highest BCUT2D eigenvalue weighted by atomic mass is 32.1. The predicted molar refractivity (Wildman–Crippen MR) is 72.6 cm³/mol. The standard InChI is InChI=1S/C14H17NO2S/c1-11-4-2-8-15(10-11)14(17)13-7-6-12(18-13)5-3-9-16/h6-7,11,16H,2,4,8-10H2,1H3. The second-order valence-electron chi connectivity index (χ2n) is 4.62. The van der Waals surface area contributed by atoms with Gasteiger partial charge in [-0.1, -0.05) is 18.8 Å². The van der Waals surface area contributed by atoms with Crippen LogP contribution in [0.15, 0.2) is 12.1 Å². The zero-order valence-corrected chi connectivity index (χ0v) is 11.3. The van der Waals surface area contributed by atoms with Gasteiger partial charge < -0.3 is 10.0 Å². The number of likely N-dealkylation sites (tertiary alicyclic amines) is 1. The van der Waals surface area contributed by atoms with E-state index in [1.807, 2.05) is 17.0 Å². The summed E-state index contributed by atoms with van der Waals surface area (Å²) in [6.45, 7) is 3.75. The van der Waals surface area contributed by atoms with Crippen molar-refractivity contribution in [3.63, 3.8) is 0 Å². The molecule has 96 valence electrons. The van der Waals surface area contributed by atoms with E-state index in [9.17, 15) is 4.79 Å². The Kier molecular flexibility index (Phi) is 4.40. The van der Waals surface area contributed by atoms with E-state index in [1.165, 1.54) is 17.8 Å². The van der Waals surface area contributed by atoms with Gasteiger partial charge in [-0.25, -0.2) is 0 Å². The molecule has 1 aromatic rings. The van der Waals surface area contributed by atoms with Gasteiger partial charge in [-0.2, -0.15) is 0 Å². The molecule has 0 aromatic carbocycles. The number of rotatable bonds is 1. The molecule has 1 atom stereocenters. The molecule has 1 N–H and O–H groups in total. The summed E-state index contributed by atoms with van der Waals surface area (Å²) in [6.07, 6.45) is 2.30. The van der Waals surface area contributed by atoms with Gasteiger partial charge >= 0.3 is 0 Å². The average Bonchev–Trinajstić information content (AvgIpc) is 2.84. The molecule has 0 spiro atoms. The van der Waals surface area contributed by atoms with E-state index in [4.69, 9.17) is 5.11 Å². The number of carbonyl (C=O) groups is 1. The lowest BCUT2D eigenvalue weighted by Gasteiger charge is -2.30. The largest absolute Gasteiger partial charge is 0.384 e. The minimum atomic E-state index is -0.148. The van der Waals surface area contributed by atoms with Crippen molar-refractivity contribution in [2.24, 2.45) is 5.92 Å². The zero-order valence-electron chi connectivity index (χ0n) is 10.5. The van der Waals surface area contributed by atoms with Gasteiger partial charge in [0, 0.05) is 13.1 Å². The summed E-state index contributed by atoms with van der Waals surface area (Å²) in [5.41, 5.74) is 0. The first kappa shape index (κ1) is 13.1. The van der Waals surface area contributed by atoms with Crippen molar-refractivity contribution in [2.75, 3.05) is 19.7 Å². The summed E-state index contributed by atoms with van der Waals surface area (Å²) in [5, 5.41) is 8.63. The summed E-state index contributed by atoms with van der Waals surface area (Å²) in [5.74, 6) is 6.13. The van der Waals surface area contributed by atoms with Crippen LogP contribution in [-0.4, -0.2) is 35.6 Å². The van der Waals surface area contributed by atoms with E-state index in [-0.39, 0.29) is 12.5 Å². The Morgan fingerprint density at radius 1 is 1.61 bits per heavy atom. The molecule has 3 nitrogen and oxygen atoms in total. The van der Waals surface area contributed by atoms with Crippen LogP contribution in [0.1, 0.15) is 34.3 Å². The molecule has 0 aliphatic carbocycles. The van der Waals surface area contributed by atoms with Crippen molar-refractivity contribution >= 4 is 17.2 Å². The lowest BCUT2D eigenvalue weighted by molar-refractivity contribution is 0.0688. The van der Waals surface area contributed by atoms with E-state index in [1.54, 1.807) is 0 Å². The molecule has 4 heteroatoms. The Balaban J connectivity index is 2.06. The summed E-state index contributed by atoms with van der Waals surface area (Å²) in [4.78, 5) is 15.8. The van der Waals surface area contributed by atoms with Crippen LogP contribution in [0.3, 0.4) is 0 Å². The van der Waals surface area contributed by atoms with E-state index in [0.29, 0.717) is 5.92 Å². The number of aliphatic hydroxyl groups excluding tert-OH is 1. The van der Waals surface area contributed by atoms with Crippen molar-refractivity contribution in [1.29, 1.82) is 0 Å². The number of hydrogen-bond acceptors (Lipinski definition) is 3. The summed E-state index contributed by atoms with van der Waals surface area (Å²) >= 11 is 1.40. The van der Waals surface area contributed by atoms with Crippen molar-refractivity contribution in [2.45, 2.75) is 19.8 Å². The molecule has 1 saturated heterocycles. The van der Waals surface area contributed by atoms with E-state index < -0.39 is 0 Å². The fourth-order valence-corrected chi connectivity index (χ4v) is 3.03. The van der Waals surface area contributed by atoms with Crippen LogP contribution in [0.25, 0.3) is 0 Å². The predicted octanol–water partition coefficient (Wildman–Crippen LogP) is 1.96. The van der Waals surface area contributed by atoms with E-state index >= 15 is 0 Å². The minimum Gasteiger partial charge on any atom is -0.384 e. The SMILES string of the molecule is CC1CCCN(C(=O)c2ccc(C#CCO)s2)C1. The van der Waals surface area contributed by atoms with Gasteiger partial charge in [0.05, 0.1) is 9.75 Å². The van der Waals surface area contributed by atoms with E-state index in [2.05, 4.69) is 18.8 Å². The molecular weight excluding hydrogens is 246 g/mol. The third-order valence-corrected chi connectivity index (χ3v) is 4.04. The maximum atomic E-state index is 12.3. The molecule has 0 saturated carbocycles. The second kappa shape index (κ2) is 6.03. The third-order valence-electron chi connectivity index (χ3n) is 3.05. The Morgan fingerprint density at radius 3 is 3.17 bits per heavy atom.